The van der Waals surface area contributed by atoms with Crippen LogP contribution in [-0.4, -0.2) is 0 Å². The van der Waals surface area contributed by atoms with Gasteiger partial charge in [-0.2, -0.15) is 0 Å². The van der Waals surface area contributed by atoms with Gasteiger partial charge in [-0.05, 0) is 60.6 Å². The highest BCUT2D eigenvalue weighted by molar-refractivity contribution is 5.34. The van der Waals surface area contributed by atoms with Crippen molar-refractivity contribution in [3.8, 4) is 0 Å². The van der Waals surface area contributed by atoms with Gasteiger partial charge in [0.25, 0.3) is 0 Å². The molecule has 0 radical (unpaired) electrons. The molecule has 26 heavy (non-hydrogen) atoms. The highest BCUT2D eigenvalue weighted by Gasteiger charge is 2.26. The molecule has 1 aromatic carbocycles. The molecule has 0 spiro atoms. The van der Waals surface area contributed by atoms with E-state index in [9.17, 15) is 13.2 Å². The molecule has 0 heterocycles. The van der Waals surface area contributed by atoms with E-state index in [1.165, 1.54) is 51.0 Å². The van der Waals surface area contributed by atoms with E-state index in [0.717, 1.165) is 43.6 Å². The van der Waals surface area contributed by atoms with Crippen LogP contribution >= 0.6 is 0 Å². The van der Waals surface area contributed by atoms with Crippen LogP contribution in [0.25, 0.3) is 0 Å². The van der Waals surface area contributed by atoms with Gasteiger partial charge in [0.2, 0.25) is 0 Å². The maximum Gasteiger partial charge on any atom is 0.194 e. The van der Waals surface area contributed by atoms with Crippen LogP contribution in [0.1, 0.15) is 101 Å². The predicted octanol–water partition coefficient (Wildman–Crippen LogP) is 7.69. The maximum atomic E-state index is 14.6. The highest BCUT2D eigenvalue weighted by Crippen LogP contribution is 2.39. The summed E-state index contributed by atoms with van der Waals surface area (Å²) in [6.07, 6.45) is 14.3. The smallest absolute Gasteiger partial charge is 0.194 e. The molecule has 2 saturated carbocycles. The molecular weight excluding hydrogens is 333 g/mol. The van der Waals surface area contributed by atoms with E-state index in [1.54, 1.807) is 0 Å². The second kappa shape index (κ2) is 9.28. The zero-order chi connectivity index (χ0) is 18.5. The van der Waals surface area contributed by atoms with Gasteiger partial charge in [0.1, 0.15) is 0 Å². The van der Waals surface area contributed by atoms with Crippen molar-refractivity contribution in [2.24, 2.45) is 11.8 Å². The molecule has 2 aliphatic carbocycles. The third kappa shape index (κ3) is 4.64. The quantitative estimate of drug-likeness (QED) is 0.453. The lowest BCUT2D eigenvalue weighted by Gasteiger charge is -2.29. The first-order valence-corrected chi connectivity index (χ1v) is 10.8. The second-order valence-corrected chi connectivity index (χ2v) is 8.60. The van der Waals surface area contributed by atoms with Crippen molar-refractivity contribution in [1.29, 1.82) is 0 Å². The molecule has 0 nitrogen and oxygen atoms in total. The third-order valence-corrected chi connectivity index (χ3v) is 6.81. The van der Waals surface area contributed by atoms with Gasteiger partial charge < -0.3 is 0 Å². The van der Waals surface area contributed by atoms with Gasteiger partial charge in [-0.25, -0.2) is 13.2 Å². The fraction of sp³-hybridized carbons (Fsp3) is 0.739. The van der Waals surface area contributed by atoms with Crippen LogP contribution < -0.4 is 0 Å². The van der Waals surface area contributed by atoms with Gasteiger partial charge in [-0.3, -0.25) is 0 Å². The minimum absolute atomic E-state index is 0.198. The molecular formula is C23H33F3. The molecule has 0 aliphatic heterocycles. The summed E-state index contributed by atoms with van der Waals surface area (Å²) in [5.74, 6) is -1.57. The second-order valence-electron chi connectivity index (χ2n) is 8.60. The Balaban J connectivity index is 1.69. The number of halogens is 3. The van der Waals surface area contributed by atoms with Gasteiger partial charge in [-0.15, -0.1) is 0 Å². The Labute approximate surface area is 156 Å². The summed E-state index contributed by atoms with van der Waals surface area (Å²) >= 11 is 0. The molecule has 2 fully saturated rings. The lowest BCUT2D eigenvalue weighted by atomic mass is 9.76. The molecule has 0 unspecified atom stereocenters. The molecule has 0 atom stereocenters. The monoisotopic (exact) mass is 366 g/mol. The Bertz CT molecular complexity index is 582. The SMILES string of the molecule is CCCC1CCC(CCc2c(C3CCCCC3)cc(F)c(F)c2F)CC1. The fourth-order valence-electron chi connectivity index (χ4n) is 5.25. The fourth-order valence-corrected chi connectivity index (χ4v) is 5.25. The number of benzene rings is 1. The summed E-state index contributed by atoms with van der Waals surface area (Å²) in [5, 5.41) is 0. The number of rotatable bonds is 6. The first-order chi connectivity index (χ1) is 12.6. The van der Waals surface area contributed by atoms with E-state index >= 15 is 0 Å². The van der Waals surface area contributed by atoms with Gasteiger partial charge in [-0.1, -0.05) is 64.7 Å². The molecule has 0 aromatic heterocycles. The summed E-state index contributed by atoms with van der Waals surface area (Å²) in [7, 11) is 0. The van der Waals surface area contributed by atoms with Crippen LogP contribution in [0.3, 0.4) is 0 Å². The zero-order valence-corrected chi connectivity index (χ0v) is 16.1. The van der Waals surface area contributed by atoms with Crippen molar-refractivity contribution in [2.75, 3.05) is 0 Å². The van der Waals surface area contributed by atoms with Crippen molar-refractivity contribution in [2.45, 2.75) is 96.3 Å². The molecule has 0 N–H and O–H groups in total. The highest BCUT2D eigenvalue weighted by atomic mass is 19.2. The van der Waals surface area contributed by atoms with Crippen LogP contribution in [0.5, 0.6) is 0 Å². The Kier molecular flexibility index (Phi) is 7.05. The van der Waals surface area contributed by atoms with Gasteiger partial charge in [0.15, 0.2) is 17.5 Å². The van der Waals surface area contributed by atoms with Crippen LogP contribution in [0, 0.1) is 29.3 Å². The molecule has 2 aliphatic rings. The molecule has 0 saturated heterocycles. The Morgan fingerprint density at radius 3 is 2.04 bits per heavy atom. The molecule has 3 heteroatoms. The van der Waals surface area contributed by atoms with E-state index in [0.29, 0.717) is 17.9 Å². The summed E-state index contributed by atoms with van der Waals surface area (Å²) in [5.41, 5.74) is 1.22. The molecule has 1 aromatic rings. The van der Waals surface area contributed by atoms with Crippen LogP contribution in [0.2, 0.25) is 0 Å². The number of hydrogen-bond acceptors (Lipinski definition) is 0. The van der Waals surface area contributed by atoms with E-state index in [-0.39, 0.29) is 5.92 Å². The van der Waals surface area contributed by atoms with Crippen molar-refractivity contribution in [1.82, 2.24) is 0 Å². The minimum Gasteiger partial charge on any atom is -0.204 e. The standard InChI is InChI=1S/C23H33F3/c1-2-6-16-9-11-17(12-10-16)13-14-19-20(18-7-4-3-5-8-18)15-21(24)23(26)22(19)25/h15-18H,2-14H2,1H3. The predicted molar refractivity (Wildman–Crippen MR) is 101 cm³/mol. The van der Waals surface area contributed by atoms with Crippen LogP contribution in [-0.2, 0) is 6.42 Å². The van der Waals surface area contributed by atoms with E-state index < -0.39 is 17.5 Å². The molecule has 146 valence electrons. The first-order valence-electron chi connectivity index (χ1n) is 10.8. The van der Waals surface area contributed by atoms with Crippen molar-refractivity contribution in [3.63, 3.8) is 0 Å². The van der Waals surface area contributed by atoms with Crippen molar-refractivity contribution >= 4 is 0 Å². The van der Waals surface area contributed by atoms with Crippen molar-refractivity contribution < 1.29 is 13.2 Å². The normalized spacial score (nSPS) is 24.8. The van der Waals surface area contributed by atoms with Gasteiger partial charge in [0.05, 0.1) is 0 Å². The average molecular weight is 367 g/mol. The Morgan fingerprint density at radius 1 is 0.808 bits per heavy atom. The lowest BCUT2D eigenvalue weighted by molar-refractivity contribution is 0.251. The van der Waals surface area contributed by atoms with Crippen LogP contribution in [0.4, 0.5) is 13.2 Å². The molecule has 0 amide bonds. The minimum atomic E-state index is -1.29. The topological polar surface area (TPSA) is 0 Å². The molecule has 3 rings (SSSR count). The van der Waals surface area contributed by atoms with E-state index in [2.05, 4.69) is 6.92 Å². The zero-order valence-electron chi connectivity index (χ0n) is 16.1. The summed E-state index contributed by atoms with van der Waals surface area (Å²) in [6, 6.07) is 1.29. The summed E-state index contributed by atoms with van der Waals surface area (Å²) in [4.78, 5) is 0. The summed E-state index contributed by atoms with van der Waals surface area (Å²) < 4.78 is 42.3. The lowest BCUT2D eigenvalue weighted by Crippen LogP contribution is -2.17. The third-order valence-electron chi connectivity index (χ3n) is 6.81. The Morgan fingerprint density at radius 2 is 1.42 bits per heavy atom. The van der Waals surface area contributed by atoms with Crippen LogP contribution in [0.15, 0.2) is 6.07 Å². The van der Waals surface area contributed by atoms with E-state index in [1.807, 2.05) is 0 Å². The summed E-state index contributed by atoms with van der Waals surface area (Å²) in [6.45, 7) is 2.24. The molecule has 0 bridgehead atoms. The van der Waals surface area contributed by atoms with Gasteiger partial charge >= 0.3 is 0 Å². The van der Waals surface area contributed by atoms with Gasteiger partial charge in [0, 0.05) is 0 Å². The van der Waals surface area contributed by atoms with E-state index in [4.69, 9.17) is 0 Å². The maximum absolute atomic E-state index is 14.6. The number of hydrogen-bond donors (Lipinski definition) is 0. The first kappa shape index (κ1) is 19.8. The Hall–Kier alpha value is -0.990. The largest absolute Gasteiger partial charge is 0.204 e. The average Bonchev–Trinajstić information content (AvgIpc) is 2.67. The van der Waals surface area contributed by atoms with Crippen molar-refractivity contribution in [3.05, 3.63) is 34.6 Å².